The van der Waals surface area contributed by atoms with Crippen LogP contribution in [0.3, 0.4) is 0 Å². The molecule has 7 nitrogen and oxygen atoms in total. The van der Waals surface area contributed by atoms with Gasteiger partial charge in [0.15, 0.2) is 0 Å². The second-order valence-corrected chi connectivity index (χ2v) is 5.76. The van der Waals surface area contributed by atoms with Crippen LogP contribution in [0, 0.1) is 13.8 Å². The Kier molecular flexibility index (Phi) is 3.53. The number of aromatic nitrogens is 5. The first-order valence-electron chi connectivity index (χ1n) is 7.76. The van der Waals surface area contributed by atoms with E-state index in [-0.39, 0.29) is 5.69 Å². The third-order valence-electron chi connectivity index (χ3n) is 3.90. The zero-order valence-electron chi connectivity index (χ0n) is 13.7. The van der Waals surface area contributed by atoms with Gasteiger partial charge in [0.1, 0.15) is 5.69 Å². The molecule has 7 heteroatoms. The third kappa shape index (κ3) is 2.76. The van der Waals surface area contributed by atoms with Crippen molar-refractivity contribution in [2.24, 2.45) is 0 Å². The average molecular weight is 333 g/mol. The molecule has 0 aliphatic carbocycles. The molecule has 3 heterocycles. The van der Waals surface area contributed by atoms with Crippen molar-refractivity contribution >= 4 is 0 Å². The predicted molar refractivity (Wildman–Crippen MR) is 92.4 cm³/mol. The molecule has 0 amide bonds. The Morgan fingerprint density at radius 3 is 2.60 bits per heavy atom. The zero-order chi connectivity index (χ0) is 17.4. The maximum atomic E-state index is 11.8. The minimum absolute atomic E-state index is 0.171. The molecule has 0 atom stereocenters. The molecule has 25 heavy (non-hydrogen) atoms. The van der Waals surface area contributed by atoms with Crippen molar-refractivity contribution in [2.75, 3.05) is 0 Å². The molecular weight excluding hydrogens is 318 g/mol. The fourth-order valence-electron chi connectivity index (χ4n) is 2.63. The van der Waals surface area contributed by atoms with Gasteiger partial charge in [0.05, 0.1) is 5.69 Å². The van der Waals surface area contributed by atoms with Crippen molar-refractivity contribution in [3.63, 3.8) is 0 Å². The van der Waals surface area contributed by atoms with Crippen LogP contribution in [-0.4, -0.2) is 24.7 Å². The van der Waals surface area contributed by atoms with Crippen LogP contribution >= 0.6 is 0 Å². The molecule has 0 aliphatic heterocycles. The molecule has 0 unspecified atom stereocenters. The van der Waals surface area contributed by atoms with Crippen molar-refractivity contribution in [1.82, 2.24) is 24.7 Å². The topological polar surface area (TPSA) is 89.6 Å². The largest absolute Gasteiger partial charge is 0.334 e. The number of pyridine rings is 1. The van der Waals surface area contributed by atoms with E-state index in [0.717, 1.165) is 22.5 Å². The van der Waals surface area contributed by atoms with Gasteiger partial charge in [0.25, 0.3) is 5.89 Å². The molecule has 4 rings (SSSR count). The lowest BCUT2D eigenvalue weighted by atomic mass is 10.2. The summed E-state index contributed by atoms with van der Waals surface area (Å²) in [6.45, 7) is 3.85. The molecule has 0 fully saturated rings. The van der Waals surface area contributed by atoms with Crippen LogP contribution in [0.5, 0.6) is 0 Å². The Morgan fingerprint density at radius 1 is 1.12 bits per heavy atom. The number of aromatic amines is 1. The second-order valence-electron chi connectivity index (χ2n) is 5.76. The van der Waals surface area contributed by atoms with Gasteiger partial charge in [-0.1, -0.05) is 5.16 Å². The number of hydrogen-bond acceptors (Lipinski definition) is 5. The minimum Gasteiger partial charge on any atom is -0.334 e. The summed E-state index contributed by atoms with van der Waals surface area (Å²) >= 11 is 0. The fraction of sp³-hybridized carbons (Fsp3) is 0.111. The van der Waals surface area contributed by atoms with Gasteiger partial charge in [-0.3, -0.25) is 9.55 Å². The number of imidazole rings is 1. The van der Waals surface area contributed by atoms with Crippen molar-refractivity contribution < 1.29 is 4.52 Å². The van der Waals surface area contributed by atoms with Gasteiger partial charge in [-0.15, -0.1) is 0 Å². The average Bonchev–Trinajstić information content (AvgIpc) is 3.23. The summed E-state index contributed by atoms with van der Waals surface area (Å²) in [5.74, 6) is 0.850. The van der Waals surface area contributed by atoms with Crippen LogP contribution in [0.1, 0.15) is 11.3 Å². The van der Waals surface area contributed by atoms with Crippen LogP contribution < -0.4 is 5.69 Å². The quantitative estimate of drug-likeness (QED) is 0.622. The normalized spacial score (nSPS) is 11.0. The molecule has 4 aromatic rings. The summed E-state index contributed by atoms with van der Waals surface area (Å²) in [4.78, 5) is 23.2. The van der Waals surface area contributed by atoms with E-state index in [1.165, 1.54) is 0 Å². The summed E-state index contributed by atoms with van der Waals surface area (Å²) in [7, 11) is 0. The van der Waals surface area contributed by atoms with E-state index in [9.17, 15) is 4.79 Å². The van der Waals surface area contributed by atoms with Gasteiger partial charge in [0, 0.05) is 23.7 Å². The standard InChI is InChI=1S/C18H15N5O2/c1-11-7-8-19-15(9-11)16-21-17(25-22-16)13-3-5-14(6-4-13)23-12(2)10-20-18(23)24/h3-10H,1-2H3,(H,20,24). The molecular formula is C18H15N5O2. The molecule has 1 N–H and O–H groups in total. The van der Waals surface area contributed by atoms with Crippen molar-refractivity contribution in [3.05, 3.63) is 70.5 Å². The second kappa shape index (κ2) is 5.86. The van der Waals surface area contributed by atoms with Crippen LogP contribution in [0.4, 0.5) is 0 Å². The van der Waals surface area contributed by atoms with E-state index in [0.29, 0.717) is 17.4 Å². The van der Waals surface area contributed by atoms with E-state index in [4.69, 9.17) is 4.52 Å². The SMILES string of the molecule is Cc1ccnc(-c2noc(-c3ccc(-n4c(C)c[nH]c4=O)cc3)n2)c1. The number of nitrogens with one attached hydrogen (secondary N) is 1. The lowest BCUT2D eigenvalue weighted by molar-refractivity contribution is 0.432. The highest BCUT2D eigenvalue weighted by molar-refractivity contribution is 5.59. The zero-order valence-corrected chi connectivity index (χ0v) is 13.7. The summed E-state index contributed by atoms with van der Waals surface area (Å²) < 4.78 is 6.94. The number of benzene rings is 1. The highest BCUT2D eigenvalue weighted by atomic mass is 16.5. The lowest BCUT2D eigenvalue weighted by Gasteiger charge is -2.04. The lowest BCUT2D eigenvalue weighted by Crippen LogP contribution is -2.15. The maximum absolute atomic E-state index is 11.8. The van der Waals surface area contributed by atoms with Crippen molar-refractivity contribution in [3.8, 4) is 28.7 Å². The van der Waals surface area contributed by atoms with Gasteiger partial charge >= 0.3 is 5.69 Å². The molecule has 124 valence electrons. The van der Waals surface area contributed by atoms with Gasteiger partial charge in [-0.25, -0.2) is 4.79 Å². The molecule has 0 radical (unpaired) electrons. The molecule has 0 spiro atoms. The van der Waals surface area contributed by atoms with Crippen LogP contribution in [0.2, 0.25) is 0 Å². The summed E-state index contributed by atoms with van der Waals surface area (Å²) in [6.07, 6.45) is 3.39. The number of H-pyrrole nitrogens is 1. The predicted octanol–water partition coefficient (Wildman–Crippen LogP) is 2.89. The van der Waals surface area contributed by atoms with Gasteiger partial charge in [-0.05, 0) is 55.8 Å². The smallest absolute Gasteiger partial charge is 0.330 e. The first-order chi connectivity index (χ1) is 12.1. The highest BCUT2D eigenvalue weighted by Gasteiger charge is 2.12. The minimum atomic E-state index is -0.171. The van der Waals surface area contributed by atoms with Gasteiger partial charge in [0.2, 0.25) is 5.82 Å². The van der Waals surface area contributed by atoms with E-state index in [1.807, 2.05) is 50.2 Å². The molecule has 1 aromatic carbocycles. The first kappa shape index (κ1) is 15.1. The highest BCUT2D eigenvalue weighted by Crippen LogP contribution is 2.22. The first-order valence-corrected chi connectivity index (χ1v) is 7.76. The monoisotopic (exact) mass is 333 g/mol. The third-order valence-corrected chi connectivity index (χ3v) is 3.90. The van der Waals surface area contributed by atoms with Gasteiger partial charge in [-0.2, -0.15) is 4.98 Å². The van der Waals surface area contributed by atoms with E-state index in [2.05, 4.69) is 20.1 Å². The number of aryl methyl sites for hydroxylation is 2. The Balaban J connectivity index is 1.66. The van der Waals surface area contributed by atoms with Crippen LogP contribution in [-0.2, 0) is 0 Å². The van der Waals surface area contributed by atoms with Crippen LogP contribution in [0.15, 0.2) is 58.1 Å². The molecule has 0 saturated heterocycles. The number of nitrogens with zero attached hydrogens (tertiary/aromatic N) is 4. The molecule has 0 bridgehead atoms. The Morgan fingerprint density at radius 2 is 1.92 bits per heavy atom. The molecule has 0 aliphatic rings. The summed E-state index contributed by atoms with van der Waals surface area (Å²) in [5, 5.41) is 4.00. The van der Waals surface area contributed by atoms with Crippen molar-refractivity contribution in [2.45, 2.75) is 13.8 Å². The molecule has 0 saturated carbocycles. The van der Waals surface area contributed by atoms with Gasteiger partial charge < -0.3 is 9.51 Å². The number of hydrogen-bond donors (Lipinski definition) is 1. The summed E-state index contributed by atoms with van der Waals surface area (Å²) in [5.41, 5.74) is 3.96. The Bertz CT molecular complexity index is 1090. The molecule has 3 aromatic heterocycles. The number of rotatable bonds is 3. The summed E-state index contributed by atoms with van der Waals surface area (Å²) in [6, 6.07) is 11.2. The van der Waals surface area contributed by atoms with E-state index in [1.54, 1.807) is 17.0 Å². The van der Waals surface area contributed by atoms with Crippen molar-refractivity contribution in [1.29, 1.82) is 0 Å². The van der Waals surface area contributed by atoms with E-state index >= 15 is 0 Å². The maximum Gasteiger partial charge on any atom is 0.330 e. The Labute approximate surface area is 143 Å². The van der Waals surface area contributed by atoms with Crippen LogP contribution in [0.25, 0.3) is 28.7 Å². The Hall–Kier alpha value is -3.48. The van der Waals surface area contributed by atoms with E-state index < -0.39 is 0 Å². The fourth-order valence-corrected chi connectivity index (χ4v) is 2.63.